The highest BCUT2D eigenvalue weighted by molar-refractivity contribution is 5.88. The van der Waals surface area contributed by atoms with Gasteiger partial charge in [-0.25, -0.2) is 4.79 Å². The lowest BCUT2D eigenvalue weighted by Crippen LogP contribution is -1.98. The molecule has 0 radical (unpaired) electrons. The maximum atomic E-state index is 11.2. The Labute approximate surface area is 93.7 Å². The first-order valence-electron chi connectivity index (χ1n) is 4.99. The van der Waals surface area contributed by atoms with Crippen LogP contribution in [0.5, 0.6) is 0 Å². The van der Waals surface area contributed by atoms with Crippen LogP contribution in [0.25, 0.3) is 0 Å². The standard InChI is InChI=1S/C13H12O3/c1-15-13(14)11-8-12(16-9-11)7-10-5-3-2-4-6-10/h2-6,8-9H,7H2,1H3. The van der Waals surface area contributed by atoms with Crippen LogP contribution in [0.1, 0.15) is 21.7 Å². The third kappa shape index (κ3) is 2.31. The number of carbonyl (C=O) groups is 1. The van der Waals surface area contributed by atoms with Gasteiger partial charge in [0, 0.05) is 6.42 Å². The van der Waals surface area contributed by atoms with Gasteiger partial charge in [0.2, 0.25) is 0 Å². The van der Waals surface area contributed by atoms with Gasteiger partial charge >= 0.3 is 5.97 Å². The van der Waals surface area contributed by atoms with Crippen LogP contribution < -0.4 is 0 Å². The van der Waals surface area contributed by atoms with Gasteiger partial charge in [-0.05, 0) is 11.6 Å². The molecule has 2 rings (SSSR count). The molecule has 3 nitrogen and oxygen atoms in total. The van der Waals surface area contributed by atoms with Crippen molar-refractivity contribution in [2.24, 2.45) is 0 Å². The first-order valence-corrected chi connectivity index (χ1v) is 4.99. The second-order valence-electron chi connectivity index (χ2n) is 3.46. The van der Waals surface area contributed by atoms with E-state index in [1.807, 2.05) is 30.3 Å². The summed E-state index contributed by atoms with van der Waals surface area (Å²) in [5.74, 6) is 0.384. The summed E-state index contributed by atoms with van der Waals surface area (Å²) < 4.78 is 9.89. The molecule has 0 aliphatic heterocycles. The highest BCUT2D eigenvalue weighted by atomic mass is 16.5. The van der Waals surface area contributed by atoms with Crippen LogP contribution in [-0.2, 0) is 11.2 Å². The monoisotopic (exact) mass is 216 g/mol. The lowest BCUT2D eigenvalue weighted by Gasteiger charge is -1.96. The highest BCUT2D eigenvalue weighted by Gasteiger charge is 2.10. The van der Waals surface area contributed by atoms with Crippen molar-refractivity contribution in [3.05, 3.63) is 59.5 Å². The van der Waals surface area contributed by atoms with E-state index in [1.54, 1.807) is 6.07 Å². The molecule has 82 valence electrons. The van der Waals surface area contributed by atoms with Crippen molar-refractivity contribution in [2.45, 2.75) is 6.42 Å². The molecule has 0 fully saturated rings. The molecule has 0 saturated heterocycles. The van der Waals surface area contributed by atoms with Gasteiger partial charge in [0.05, 0.1) is 12.7 Å². The summed E-state index contributed by atoms with van der Waals surface area (Å²) in [5, 5.41) is 0. The average Bonchev–Trinajstić information content (AvgIpc) is 2.78. The second kappa shape index (κ2) is 4.66. The van der Waals surface area contributed by atoms with Gasteiger partial charge in [0.25, 0.3) is 0 Å². The molecule has 0 aliphatic rings. The van der Waals surface area contributed by atoms with E-state index in [-0.39, 0.29) is 5.97 Å². The van der Waals surface area contributed by atoms with E-state index in [2.05, 4.69) is 4.74 Å². The molecule has 1 aromatic carbocycles. The topological polar surface area (TPSA) is 39.4 Å². The lowest BCUT2D eigenvalue weighted by atomic mass is 10.1. The van der Waals surface area contributed by atoms with E-state index in [1.165, 1.54) is 13.4 Å². The first-order chi connectivity index (χ1) is 7.79. The normalized spacial score (nSPS) is 10.1. The van der Waals surface area contributed by atoms with Gasteiger partial charge in [-0.2, -0.15) is 0 Å². The van der Waals surface area contributed by atoms with E-state index in [9.17, 15) is 4.79 Å². The summed E-state index contributed by atoms with van der Waals surface area (Å²) in [6.07, 6.45) is 2.10. The van der Waals surface area contributed by atoms with E-state index < -0.39 is 0 Å². The lowest BCUT2D eigenvalue weighted by molar-refractivity contribution is 0.0600. The summed E-state index contributed by atoms with van der Waals surface area (Å²) in [7, 11) is 1.35. The number of rotatable bonds is 3. The molecule has 0 atom stereocenters. The van der Waals surface area contributed by atoms with E-state index in [4.69, 9.17) is 4.42 Å². The van der Waals surface area contributed by atoms with Crippen molar-refractivity contribution < 1.29 is 13.9 Å². The van der Waals surface area contributed by atoms with Crippen molar-refractivity contribution in [3.63, 3.8) is 0 Å². The maximum absolute atomic E-state index is 11.2. The van der Waals surface area contributed by atoms with Gasteiger partial charge in [-0.1, -0.05) is 30.3 Å². The molecule has 16 heavy (non-hydrogen) atoms. The maximum Gasteiger partial charge on any atom is 0.341 e. The Morgan fingerprint density at radius 1 is 1.31 bits per heavy atom. The first kappa shape index (κ1) is 10.5. The number of benzene rings is 1. The molecular formula is C13H12O3. The fraction of sp³-hybridized carbons (Fsp3) is 0.154. The molecular weight excluding hydrogens is 204 g/mol. The van der Waals surface area contributed by atoms with Crippen molar-refractivity contribution in [1.29, 1.82) is 0 Å². The van der Waals surface area contributed by atoms with E-state index >= 15 is 0 Å². The Kier molecular flexibility index (Phi) is 3.05. The minimum atomic E-state index is -0.372. The molecule has 1 heterocycles. The zero-order chi connectivity index (χ0) is 11.4. The van der Waals surface area contributed by atoms with Crippen LogP contribution in [0.15, 0.2) is 47.1 Å². The Bertz CT molecular complexity index is 471. The number of carbonyl (C=O) groups excluding carboxylic acids is 1. The summed E-state index contributed by atoms with van der Waals surface area (Å²) >= 11 is 0. The van der Waals surface area contributed by atoms with Crippen LogP contribution in [0.3, 0.4) is 0 Å². The van der Waals surface area contributed by atoms with Gasteiger partial charge in [-0.15, -0.1) is 0 Å². The molecule has 0 N–H and O–H groups in total. The Morgan fingerprint density at radius 3 is 2.75 bits per heavy atom. The molecule has 1 aromatic heterocycles. The predicted octanol–water partition coefficient (Wildman–Crippen LogP) is 2.66. The second-order valence-corrected chi connectivity index (χ2v) is 3.46. The number of esters is 1. The number of ether oxygens (including phenoxy) is 1. The number of furan rings is 1. The van der Waals surface area contributed by atoms with Gasteiger partial charge in [0.1, 0.15) is 12.0 Å². The molecule has 0 saturated carbocycles. The van der Waals surface area contributed by atoms with Crippen LogP contribution in [0.2, 0.25) is 0 Å². The Morgan fingerprint density at radius 2 is 2.06 bits per heavy atom. The van der Waals surface area contributed by atoms with Crippen molar-refractivity contribution in [3.8, 4) is 0 Å². The predicted molar refractivity (Wildman–Crippen MR) is 59.3 cm³/mol. The average molecular weight is 216 g/mol. The number of methoxy groups -OCH3 is 1. The van der Waals surface area contributed by atoms with Crippen LogP contribution in [-0.4, -0.2) is 13.1 Å². The molecule has 3 heteroatoms. The highest BCUT2D eigenvalue weighted by Crippen LogP contribution is 2.13. The largest absolute Gasteiger partial charge is 0.468 e. The van der Waals surface area contributed by atoms with Crippen LogP contribution in [0.4, 0.5) is 0 Å². The molecule has 0 spiro atoms. The molecule has 0 aliphatic carbocycles. The van der Waals surface area contributed by atoms with E-state index in [0.29, 0.717) is 12.0 Å². The summed E-state index contributed by atoms with van der Waals surface area (Å²) in [6.45, 7) is 0. The number of hydrogen-bond donors (Lipinski definition) is 0. The zero-order valence-electron chi connectivity index (χ0n) is 8.97. The Hall–Kier alpha value is -2.03. The minimum absolute atomic E-state index is 0.372. The fourth-order valence-electron chi connectivity index (χ4n) is 1.50. The summed E-state index contributed by atoms with van der Waals surface area (Å²) in [4.78, 5) is 11.2. The summed E-state index contributed by atoms with van der Waals surface area (Å²) in [5.41, 5.74) is 1.60. The third-order valence-electron chi connectivity index (χ3n) is 2.30. The van der Waals surface area contributed by atoms with Gasteiger partial charge < -0.3 is 9.15 Å². The van der Waals surface area contributed by atoms with Crippen molar-refractivity contribution >= 4 is 5.97 Å². The van der Waals surface area contributed by atoms with Gasteiger partial charge in [0.15, 0.2) is 0 Å². The molecule has 0 amide bonds. The van der Waals surface area contributed by atoms with Crippen molar-refractivity contribution in [1.82, 2.24) is 0 Å². The van der Waals surface area contributed by atoms with Crippen molar-refractivity contribution in [2.75, 3.05) is 7.11 Å². The van der Waals surface area contributed by atoms with Crippen LogP contribution in [0, 0.1) is 0 Å². The summed E-state index contributed by atoms with van der Waals surface area (Å²) in [6, 6.07) is 11.6. The quantitative estimate of drug-likeness (QED) is 0.740. The molecule has 2 aromatic rings. The SMILES string of the molecule is COC(=O)c1coc(Cc2ccccc2)c1. The molecule has 0 bridgehead atoms. The fourth-order valence-corrected chi connectivity index (χ4v) is 1.50. The van der Waals surface area contributed by atoms with Crippen LogP contribution >= 0.6 is 0 Å². The zero-order valence-corrected chi connectivity index (χ0v) is 8.97. The smallest absolute Gasteiger partial charge is 0.341 e. The third-order valence-corrected chi connectivity index (χ3v) is 2.30. The number of hydrogen-bond acceptors (Lipinski definition) is 3. The van der Waals surface area contributed by atoms with Gasteiger partial charge in [-0.3, -0.25) is 0 Å². The minimum Gasteiger partial charge on any atom is -0.468 e. The molecule has 0 unspecified atom stereocenters. The Balaban J connectivity index is 2.12. The van der Waals surface area contributed by atoms with E-state index in [0.717, 1.165) is 11.3 Å².